The number of ether oxygens (including phenoxy) is 1. The number of aromatic nitrogens is 1. The highest BCUT2D eigenvalue weighted by molar-refractivity contribution is 7.89. The molecular formula is C31H40ClN5O7S2. The summed E-state index contributed by atoms with van der Waals surface area (Å²) >= 11 is 6.12. The molecule has 1 aromatic heterocycles. The molecule has 1 N–H and O–H groups in total. The zero-order valence-corrected chi connectivity index (χ0v) is 28.1. The first-order valence-corrected chi connectivity index (χ1v) is 18.9. The Kier molecular flexibility index (Phi) is 11.2. The number of piperazine rings is 1. The summed E-state index contributed by atoms with van der Waals surface area (Å²) in [6.07, 6.45) is 6.32. The van der Waals surface area contributed by atoms with E-state index >= 15 is 0 Å². The molecule has 1 atom stereocenters. The molecule has 3 aliphatic rings. The molecule has 1 unspecified atom stereocenters. The number of hydrogen-bond acceptors (Lipinski definition) is 9. The number of amides is 1. The van der Waals surface area contributed by atoms with Crippen molar-refractivity contribution in [1.29, 1.82) is 0 Å². The molecule has 2 aromatic carbocycles. The average Bonchev–Trinajstić information content (AvgIpc) is 3.02. The van der Waals surface area contributed by atoms with E-state index in [2.05, 4.69) is 14.8 Å². The van der Waals surface area contributed by atoms with Crippen molar-refractivity contribution in [1.82, 2.24) is 19.1 Å². The summed E-state index contributed by atoms with van der Waals surface area (Å²) in [6, 6.07) is 14.3. The van der Waals surface area contributed by atoms with Crippen LogP contribution in [0, 0.1) is 5.92 Å². The first-order chi connectivity index (χ1) is 21.9. The van der Waals surface area contributed by atoms with E-state index in [1.54, 1.807) is 24.3 Å². The van der Waals surface area contributed by atoms with E-state index in [0.29, 0.717) is 43.5 Å². The number of carbonyl (C=O) groups is 1. The van der Waals surface area contributed by atoms with Crippen LogP contribution in [-0.4, -0.2) is 124 Å². The van der Waals surface area contributed by atoms with Crippen LogP contribution in [0.25, 0.3) is 10.8 Å². The number of hydrogen-bond donors (Lipinski definition) is 1. The highest BCUT2D eigenvalue weighted by atomic mass is 35.5. The lowest BCUT2D eigenvalue weighted by molar-refractivity contribution is -0.139. The van der Waals surface area contributed by atoms with Gasteiger partial charge in [-0.2, -0.15) is 12.7 Å². The summed E-state index contributed by atoms with van der Waals surface area (Å²) in [5, 5.41) is 2.27. The van der Waals surface area contributed by atoms with Gasteiger partial charge in [-0.1, -0.05) is 23.7 Å². The smallest absolute Gasteiger partial charge is 0.261 e. The summed E-state index contributed by atoms with van der Waals surface area (Å²) in [5.41, 5.74) is 1.18. The zero-order valence-electron chi connectivity index (χ0n) is 25.7. The highest BCUT2D eigenvalue weighted by Gasteiger charge is 2.40. The number of pyridine rings is 1. The Bertz CT molecular complexity index is 1710. The molecule has 0 spiro atoms. The van der Waals surface area contributed by atoms with Gasteiger partial charge in [0.15, 0.2) is 0 Å². The second-order valence-electron chi connectivity index (χ2n) is 11.9. The van der Waals surface area contributed by atoms with Crippen molar-refractivity contribution < 1.29 is 30.9 Å². The molecule has 0 aliphatic carbocycles. The summed E-state index contributed by atoms with van der Waals surface area (Å²) in [7, 11) is -7.53. The van der Waals surface area contributed by atoms with Gasteiger partial charge >= 0.3 is 0 Å². The van der Waals surface area contributed by atoms with E-state index in [-0.39, 0.29) is 29.9 Å². The molecule has 0 radical (unpaired) electrons. The predicted octanol–water partition coefficient (Wildman–Crippen LogP) is 2.84. The molecule has 3 aliphatic heterocycles. The number of benzene rings is 2. The van der Waals surface area contributed by atoms with Crippen LogP contribution in [0.3, 0.4) is 0 Å². The van der Waals surface area contributed by atoms with Crippen LogP contribution in [0.2, 0.25) is 5.02 Å². The number of morpholine rings is 1. The lowest BCUT2D eigenvalue weighted by Crippen LogP contribution is -2.62. The maximum Gasteiger partial charge on any atom is 0.261 e. The average molecular weight is 694 g/mol. The Balaban J connectivity index is 0.000000775. The largest absolute Gasteiger partial charge is 0.379 e. The highest BCUT2D eigenvalue weighted by Crippen LogP contribution is 2.29. The van der Waals surface area contributed by atoms with E-state index in [4.69, 9.17) is 20.9 Å². The molecule has 0 bridgehead atoms. The normalized spacial score (nSPS) is 20.8. The summed E-state index contributed by atoms with van der Waals surface area (Å²) < 4.78 is 60.4. The minimum atomic E-state index is -3.87. The molecule has 46 heavy (non-hydrogen) atoms. The van der Waals surface area contributed by atoms with Crippen LogP contribution in [0.4, 0.5) is 5.69 Å². The van der Waals surface area contributed by atoms with Gasteiger partial charge in [-0.25, -0.2) is 8.42 Å². The van der Waals surface area contributed by atoms with Crippen molar-refractivity contribution in [2.24, 2.45) is 5.92 Å². The van der Waals surface area contributed by atoms with Crippen LogP contribution < -0.4 is 4.90 Å². The fourth-order valence-corrected chi connectivity index (χ4v) is 7.87. The topological polar surface area (TPSA) is 141 Å². The van der Waals surface area contributed by atoms with Gasteiger partial charge in [-0.05, 0) is 65.9 Å². The fraction of sp³-hybridized carbons (Fsp3) is 0.484. The van der Waals surface area contributed by atoms with Crippen molar-refractivity contribution >= 4 is 54.1 Å². The first kappa shape index (κ1) is 34.5. The summed E-state index contributed by atoms with van der Waals surface area (Å²) in [4.78, 5) is 24.6. The Labute approximate surface area is 275 Å². The minimum absolute atomic E-state index is 0.123. The molecule has 1 amide bonds. The minimum Gasteiger partial charge on any atom is -0.379 e. The predicted molar refractivity (Wildman–Crippen MR) is 177 cm³/mol. The number of nitrogens with zero attached hydrogens (tertiary/aromatic N) is 5. The van der Waals surface area contributed by atoms with Crippen molar-refractivity contribution in [2.45, 2.75) is 23.8 Å². The van der Waals surface area contributed by atoms with Gasteiger partial charge in [-0.15, -0.1) is 0 Å². The molecule has 3 fully saturated rings. The van der Waals surface area contributed by atoms with E-state index in [0.717, 1.165) is 49.8 Å². The Morgan fingerprint density at radius 1 is 0.913 bits per heavy atom. The fourth-order valence-electron chi connectivity index (χ4n) is 6.23. The zero-order chi connectivity index (χ0) is 32.9. The quantitative estimate of drug-likeness (QED) is 0.368. The van der Waals surface area contributed by atoms with Crippen LogP contribution in [-0.2, 0) is 29.7 Å². The molecule has 3 saturated heterocycles. The molecule has 15 heteroatoms. The van der Waals surface area contributed by atoms with Gasteiger partial charge in [0.25, 0.3) is 10.1 Å². The third kappa shape index (κ3) is 9.15. The number of anilines is 1. The van der Waals surface area contributed by atoms with Gasteiger partial charge in [0.2, 0.25) is 15.9 Å². The lowest BCUT2D eigenvalue weighted by atomic mass is 9.94. The molecular weight excluding hydrogens is 654 g/mol. The van der Waals surface area contributed by atoms with Crippen molar-refractivity contribution in [2.75, 3.05) is 76.7 Å². The van der Waals surface area contributed by atoms with Gasteiger partial charge in [-0.3, -0.25) is 19.2 Å². The van der Waals surface area contributed by atoms with E-state index in [1.807, 2.05) is 41.6 Å². The number of piperidine rings is 1. The van der Waals surface area contributed by atoms with E-state index in [1.165, 1.54) is 9.99 Å². The third-order valence-electron chi connectivity index (χ3n) is 8.57. The second-order valence-corrected chi connectivity index (χ2v) is 15.8. The van der Waals surface area contributed by atoms with Crippen molar-refractivity contribution in [3.63, 3.8) is 0 Å². The maximum absolute atomic E-state index is 13.8. The molecule has 12 nitrogen and oxygen atoms in total. The van der Waals surface area contributed by atoms with Crippen LogP contribution in [0.15, 0.2) is 65.8 Å². The van der Waals surface area contributed by atoms with Gasteiger partial charge in [0, 0.05) is 68.9 Å². The molecule has 0 saturated carbocycles. The number of sulfonamides is 1. The Hall–Kier alpha value is -2.85. The number of halogens is 1. The first-order valence-electron chi connectivity index (χ1n) is 15.2. The van der Waals surface area contributed by atoms with Crippen molar-refractivity contribution in [3.8, 4) is 0 Å². The standard InChI is InChI=1S/C30H36ClN5O4S.CH4O3S/c31-26-3-1-25-18-29(4-2-24(25)17-26)41(38,39)35-21-28(20-33-13-15-40-16-14-33)36(30(37)22-35)19-23-7-11-34(12-8-23)27-5-9-32-10-6-27;1-5(2,3)4/h1-6,9-10,17-18,23,28H,7-8,11-16,19-22H2;1H3,(H,2,3,4). The molecule has 250 valence electrons. The van der Waals surface area contributed by atoms with Crippen LogP contribution >= 0.6 is 11.6 Å². The summed E-state index contributed by atoms with van der Waals surface area (Å²) in [6.45, 7) is 6.14. The lowest BCUT2D eigenvalue weighted by Gasteiger charge is -2.45. The van der Waals surface area contributed by atoms with Crippen LogP contribution in [0.5, 0.6) is 0 Å². The van der Waals surface area contributed by atoms with Crippen LogP contribution in [0.1, 0.15) is 12.8 Å². The molecule has 3 aromatic rings. The Morgan fingerprint density at radius 2 is 1.54 bits per heavy atom. The third-order valence-corrected chi connectivity index (χ3v) is 10.6. The number of fused-ring (bicyclic) bond motifs is 1. The maximum atomic E-state index is 13.8. The molecule has 4 heterocycles. The van der Waals surface area contributed by atoms with Crippen molar-refractivity contribution in [3.05, 3.63) is 65.9 Å². The van der Waals surface area contributed by atoms with E-state index in [9.17, 15) is 21.6 Å². The monoisotopic (exact) mass is 693 g/mol. The van der Waals surface area contributed by atoms with Gasteiger partial charge < -0.3 is 14.5 Å². The second kappa shape index (κ2) is 14.9. The summed E-state index contributed by atoms with van der Waals surface area (Å²) in [5.74, 6) is 0.252. The molecule has 6 rings (SSSR count). The number of carbonyl (C=O) groups excluding carboxylic acids is 1. The SMILES string of the molecule is CS(=O)(=O)O.O=C1CN(S(=O)(=O)c2ccc3cc(Cl)ccc3c2)CC(CN2CCOCC2)N1CC1CCN(c2ccncc2)CC1. The van der Waals surface area contributed by atoms with E-state index < -0.39 is 20.1 Å². The van der Waals surface area contributed by atoms with Gasteiger partial charge in [0.05, 0.1) is 37.0 Å². The Morgan fingerprint density at radius 3 is 2.22 bits per heavy atom. The number of rotatable bonds is 7. The van der Waals surface area contributed by atoms with Gasteiger partial charge in [0.1, 0.15) is 0 Å².